The van der Waals surface area contributed by atoms with Crippen molar-refractivity contribution in [3.63, 3.8) is 0 Å². The summed E-state index contributed by atoms with van der Waals surface area (Å²) in [5, 5.41) is 8.93. The van der Waals surface area contributed by atoms with Crippen molar-refractivity contribution >= 4 is 16.8 Å². The highest BCUT2D eigenvalue weighted by Gasteiger charge is 2.20. The van der Waals surface area contributed by atoms with Crippen LogP contribution in [0.4, 0.5) is 0 Å². The van der Waals surface area contributed by atoms with Crippen LogP contribution in [0.5, 0.6) is 11.5 Å². The molecule has 0 radical (unpaired) electrons. The molecule has 5 aromatic rings. The first-order valence-electron chi connectivity index (χ1n) is 11.9. The minimum Gasteiger partial charge on any atom is -0.493 e. The summed E-state index contributed by atoms with van der Waals surface area (Å²) in [7, 11) is 3.19. The molecule has 7 nitrogen and oxygen atoms in total. The lowest BCUT2D eigenvalue weighted by Crippen LogP contribution is -2.26. The van der Waals surface area contributed by atoms with Gasteiger partial charge in [0.15, 0.2) is 17.2 Å². The van der Waals surface area contributed by atoms with E-state index in [1.165, 1.54) is 10.9 Å². The number of H-pyrrole nitrogens is 1. The van der Waals surface area contributed by atoms with Gasteiger partial charge in [-0.1, -0.05) is 42.5 Å². The SMILES string of the molecule is COc1ccc(-c2cn(-c3ccccc3)nc2C(=O)NCCCc2c[nH]c3ccccc23)cc1OC. The smallest absolute Gasteiger partial charge is 0.272 e. The van der Waals surface area contributed by atoms with Crippen molar-refractivity contribution in [2.75, 3.05) is 20.8 Å². The Morgan fingerprint density at radius 1 is 0.972 bits per heavy atom. The first-order chi connectivity index (χ1) is 17.7. The fourth-order valence-corrected chi connectivity index (χ4v) is 4.37. The Bertz CT molecular complexity index is 1490. The second-order valence-corrected chi connectivity index (χ2v) is 8.46. The van der Waals surface area contributed by atoms with E-state index >= 15 is 0 Å². The number of nitrogens with zero attached hydrogens (tertiary/aromatic N) is 2. The molecule has 0 aliphatic rings. The van der Waals surface area contributed by atoms with Crippen molar-refractivity contribution in [2.45, 2.75) is 12.8 Å². The third-order valence-corrected chi connectivity index (χ3v) is 6.23. The monoisotopic (exact) mass is 480 g/mol. The number of aromatic nitrogens is 3. The van der Waals surface area contributed by atoms with Gasteiger partial charge in [-0.05, 0) is 54.3 Å². The molecular weight excluding hydrogens is 452 g/mol. The van der Waals surface area contributed by atoms with Crippen molar-refractivity contribution in [1.82, 2.24) is 20.1 Å². The third-order valence-electron chi connectivity index (χ3n) is 6.23. The average Bonchev–Trinajstić information content (AvgIpc) is 3.56. The molecule has 0 fully saturated rings. The van der Waals surface area contributed by atoms with Crippen molar-refractivity contribution in [3.8, 4) is 28.3 Å². The number of fused-ring (bicyclic) bond motifs is 1. The molecule has 36 heavy (non-hydrogen) atoms. The second kappa shape index (κ2) is 10.4. The highest BCUT2D eigenvalue weighted by atomic mass is 16.5. The first kappa shape index (κ1) is 23.2. The van der Waals surface area contributed by atoms with E-state index in [0.717, 1.165) is 29.6 Å². The van der Waals surface area contributed by atoms with Crippen LogP contribution in [-0.4, -0.2) is 41.4 Å². The van der Waals surface area contributed by atoms with Crippen LogP contribution in [0.25, 0.3) is 27.7 Å². The van der Waals surface area contributed by atoms with Gasteiger partial charge in [-0.25, -0.2) is 4.68 Å². The van der Waals surface area contributed by atoms with E-state index in [9.17, 15) is 4.79 Å². The third kappa shape index (κ3) is 4.68. The molecule has 0 bridgehead atoms. The maximum absolute atomic E-state index is 13.3. The number of carbonyl (C=O) groups is 1. The Morgan fingerprint density at radius 3 is 2.56 bits per heavy atom. The van der Waals surface area contributed by atoms with Gasteiger partial charge in [0.25, 0.3) is 5.91 Å². The lowest BCUT2D eigenvalue weighted by atomic mass is 10.1. The lowest BCUT2D eigenvalue weighted by Gasteiger charge is -2.10. The van der Waals surface area contributed by atoms with Gasteiger partial charge in [0.1, 0.15) is 0 Å². The number of benzene rings is 3. The van der Waals surface area contributed by atoms with Crippen molar-refractivity contribution < 1.29 is 14.3 Å². The van der Waals surface area contributed by atoms with Crippen molar-refractivity contribution in [1.29, 1.82) is 0 Å². The summed E-state index contributed by atoms with van der Waals surface area (Å²) in [6, 6.07) is 23.6. The fourth-order valence-electron chi connectivity index (χ4n) is 4.37. The molecule has 5 rings (SSSR count). The minimum absolute atomic E-state index is 0.214. The number of rotatable bonds is 9. The van der Waals surface area contributed by atoms with E-state index in [4.69, 9.17) is 9.47 Å². The van der Waals surface area contributed by atoms with Gasteiger partial charge in [-0.3, -0.25) is 4.79 Å². The predicted molar refractivity (Wildman–Crippen MR) is 141 cm³/mol. The standard InChI is InChI=1S/C29H28N4O3/c1-35-26-15-14-20(17-27(26)36-2)24-19-33(22-10-4-3-5-11-22)32-28(24)29(34)30-16-8-9-21-18-31-25-13-7-6-12-23(21)25/h3-7,10-15,17-19,31H,8-9,16H2,1-2H3,(H,30,34). The van der Waals surface area contributed by atoms with Crippen LogP contribution in [0.3, 0.4) is 0 Å². The van der Waals surface area contributed by atoms with E-state index in [1.54, 1.807) is 18.9 Å². The van der Waals surface area contributed by atoms with Gasteiger partial charge < -0.3 is 19.8 Å². The number of aryl methyl sites for hydroxylation is 1. The van der Waals surface area contributed by atoms with Gasteiger partial charge in [0, 0.05) is 35.4 Å². The molecule has 0 unspecified atom stereocenters. The average molecular weight is 481 g/mol. The summed E-state index contributed by atoms with van der Waals surface area (Å²) < 4.78 is 12.6. The number of methoxy groups -OCH3 is 2. The van der Waals surface area contributed by atoms with E-state index in [0.29, 0.717) is 29.3 Å². The number of aromatic amines is 1. The van der Waals surface area contributed by atoms with Crippen LogP contribution in [0.2, 0.25) is 0 Å². The van der Waals surface area contributed by atoms with Gasteiger partial charge in [-0.15, -0.1) is 0 Å². The summed E-state index contributed by atoms with van der Waals surface area (Å²) in [5.41, 5.74) is 5.14. The van der Waals surface area contributed by atoms with Crippen LogP contribution in [0.15, 0.2) is 85.2 Å². The summed E-state index contributed by atoms with van der Waals surface area (Å²) >= 11 is 0. The van der Waals surface area contributed by atoms with E-state index in [1.807, 2.05) is 73.1 Å². The van der Waals surface area contributed by atoms with Crippen LogP contribution in [-0.2, 0) is 6.42 Å². The van der Waals surface area contributed by atoms with Crippen LogP contribution < -0.4 is 14.8 Å². The fraction of sp³-hybridized carbons (Fsp3) is 0.172. The molecule has 0 saturated carbocycles. The molecule has 0 spiro atoms. The number of para-hydroxylation sites is 2. The Balaban J connectivity index is 1.37. The number of amides is 1. The van der Waals surface area contributed by atoms with E-state index < -0.39 is 0 Å². The van der Waals surface area contributed by atoms with Gasteiger partial charge in [0.05, 0.1) is 19.9 Å². The first-order valence-corrected chi connectivity index (χ1v) is 11.9. The molecule has 2 aromatic heterocycles. The molecule has 0 saturated heterocycles. The Morgan fingerprint density at radius 2 is 1.75 bits per heavy atom. The zero-order valence-corrected chi connectivity index (χ0v) is 20.3. The summed E-state index contributed by atoms with van der Waals surface area (Å²) in [6.45, 7) is 0.544. The quantitative estimate of drug-likeness (QED) is 0.277. The normalized spacial score (nSPS) is 10.9. The number of carbonyl (C=O) groups excluding carboxylic acids is 1. The van der Waals surface area contributed by atoms with E-state index in [-0.39, 0.29) is 5.91 Å². The number of nitrogens with one attached hydrogen (secondary N) is 2. The number of hydrogen-bond acceptors (Lipinski definition) is 4. The zero-order chi connectivity index (χ0) is 24.9. The zero-order valence-electron chi connectivity index (χ0n) is 20.3. The maximum atomic E-state index is 13.3. The predicted octanol–water partition coefficient (Wildman–Crippen LogP) is 5.40. The summed E-state index contributed by atoms with van der Waals surface area (Å²) in [4.78, 5) is 16.6. The molecule has 2 N–H and O–H groups in total. The largest absolute Gasteiger partial charge is 0.493 e. The number of ether oxygens (including phenoxy) is 2. The second-order valence-electron chi connectivity index (χ2n) is 8.46. The Labute approximate surface area is 209 Å². The molecule has 0 aliphatic carbocycles. The summed E-state index contributed by atoms with van der Waals surface area (Å²) in [6.07, 6.45) is 5.60. The maximum Gasteiger partial charge on any atom is 0.272 e. The molecular formula is C29H28N4O3. The van der Waals surface area contributed by atoms with Gasteiger partial charge in [0.2, 0.25) is 0 Å². The van der Waals surface area contributed by atoms with Gasteiger partial charge in [-0.2, -0.15) is 5.10 Å². The molecule has 0 aliphatic heterocycles. The molecule has 0 atom stereocenters. The topological polar surface area (TPSA) is 81.2 Å². The van der Waals surface area contributed by atoms with Crippen molar-refractivity contribution in [3.05, 3.63) is 96.4 Å². The van der Waals surface area contributed by atoms with Crippen LogP contribution in [0.1, 0.15) is 22.5 Å². The molecule has 1 amide bonds. The molecule has 3 aromatic carbocycles. The Hall–Kier alpha value is -4.52. The molecule has 2 heterocycles. The van der Waals surface area contributed by atoms with Crippen LogP contribution >= 0.6 is 0 Å². The molecule has 7 heteroatoms. The summed E-state index contributed by atoms with van der Waals surface area (Å²) in [5.74, 6) is 1.00. The molecule has 182 valence electrons. The van der Waals surface area contributed by atoms with Crippen LogP contribution in [0, 0.1) is 0 Å². The Kier molecular flexibility index (Phi) is 6.71. The van der Waals surface area contributed by atoms with E-state index in [2.05, 4.69) is 27.5 Å². The highest BCUT2D eigenvalue weighted by molar-refractivity contribution is 5.99. The minimum atomic E-state index is -0.214. The number of hydrogen-bond donors (Lipinski definition) is 2. The van der Waals surface area contributed by atoms with Gasteiger partial charge >= 0.3 is 0 Å². The lowest BCUT2D eigenvalue weighted by molar-refractivity contribution is 0.0948. The van der Waals surface area contributed by atoms with Crippen molar-refractivity contribution in [2.24, 2.45) is 0 Å². The highest BCUT2D eigenvalue weighted by Crippen LogP contribution is 2.34.